The summed E-state index contributed by atoms with van der Waals surface area (Å²) in [5.41, 5.74) is 0.886. The van der Waals surface area contributed by atoms with Crippen LogP contribution in [0.4, 0.5) is 0 Å². The summed E-state index contributed by atoms with van der Waals surface area (Å²) in [7, 11) is 0. The fraction of sp³-hybridized carbons (Fsp3) is 0.444. The summed E-state index contributed by atoms with van der Waals surface area (Å²) in [5, 5.41) is 0. The van der Waals surface area contributed by atoms with Gasteiger partial charge in [-0.25, -0.2) is 4.79 Å². The topological polar surface area (TPSA) is 35.5 Å². The Morgan fingerprint density at radius 3 is 2.67 bits per heavy atom. The molecule has 0 aliphatic rings. The maximum Gasteiger partial charge on any atom is 0.332 e. The summed E-state index contributed by atoms with van der Waals surface area (Å²) < 4.78 is 9.82. The van der Waals surface area contributed by atoms with Crippen molar-refractivity contribution in [1.29, 1.82) is 0 Å². The van der Waals surface area contributed by atoms with Gasteiger partial charge >= 0.3 is 5.97 Å². The third-order valence-corrected chi connectivity index (χ3v) is 1.01. The van der Waals surface area contributed by atoms with E-state index in [9.17, 15) is 4.79 Å². The number of esters is 1. The summed E-state index contributed by atoms with van der Waals surface area (Å²) in [5.74, 6) is -0.482. The molecular weight excluding hydrogens is 156 g/mol. The predicted molar refractivity (Wildman–Crippen MR) is 46.5 cm³/mol. The van der Waals surface area contributed by atoms with E-state index in [-0.39, 0.29) is 0 Å². The molecule has 0 aliphatic heterocycles. The number of rotatable bonds is 5. The van der Waals surface area contributed by atoms with Gasteiger partial charge in [0.15, 0.2) is 0 Å². The molecule has 0 spiro atoms. The summed E-state index contributed by atoms with van der Waals surface area (Å²) in [6, 6.07) is 0. The predicted octanol–water partition coefficient (Wildman–Crippen LogP) is 1.65. The van der Waals surface area contributed by atoms with E-state index in [2.05, 4.69) is 13.2 Å². The van der Waals surface area contributed by atoms with E-state index in [1.54, 1.807) is 6.92 Å². The van der Waals surface area contributed by atoms with Gasteiger partial charge in [0.1, 0.15) is 0 Å². The highest BCUT2D eigenvalue weighted by Crippen LogP contribution is 1.97. The van der Waals surface area contributed by atoms with Crippen molar-refractivity contribution in [3.05, 3.63) is 24.8 Å². The van der Waals surface area contributed by atoms with Gasteiger partial charge in [0.05, 0.1) is 6.61 Å². The molecule has 3 heteroatoms. The van der Waals surface area contributed by atoms with Crippen LogP contribution in [0.5, 0.6) is 0 Å². The van der Waals surface area contributed by atoms with Gasteiger partial charge in [-0.3, -0.25) is 0 Å². The molecule has 0 saturated carbocycles. The van der Waals surface area contributed by atoms with Gasteiger partial charge in [0, 0.05) is 6.08 Å². The minimum atomic E-state index is -0.549. The average molecular weight is 170 g/mol. The van der Waals surface area contributed by atoms with E-state index < -0.39 is 12.3 Å². The molecule has 0 heterocycles. The van der Waals surface area contributed by atoms with Gasteiger partial charge < -0.3 is 9.47 Å². The number of ether oxygens (including phenoxy) is 2. The molecule has 0 aliphatic carbocycles. The van der Waals surface area contributed by atoms with Crippen LogP contribution in [-0.2, 0) is 14.3 Å². The summed E-state index contributed by atoms with van der Waals surface area (Å²) >= 11 is 0. The Hall–Kier alpha value is -1.09. The lowest BCUT2D eigenvalue weighted by molar-refractivity contribution is -0.166. The number of hydrogen-bond acceptors (Lipinski definition) is 3. The normalized spacial score (nSPS) is 11.8. The molecule has 12 heavy (non-hydrogen) atoms. The van der Waals surface area contributed by atoms with Crippen LogP contribution in [0.25, 0.3) is 0 Å². The monoisotopic (exact) mass is 170 g/mol. The summed E-state index contributed by atoms with van der Waals surface area (Å²) in [6.45, 7) is 10.8. The fourth-order valence-electron chi connectivity index (χ4n) is 0.505. The van der Waals surface area contributed by atoms with Crippen LogP contribution in [0.1, 0.15) is 13.8 Å². The van der Waals surface area contributed by atoms with Crippen molar-refractivity contribution in [2.24, 2.45) is 0 Å². The van der Waals surface area contributed by atoms with Gasteiger partial charge in [-0.05, 0) is 13.8 Å². The molecule has 1 unspecified atom stereocenters. The first-order valence-electron chi connectivity index (χ1n) is 3.65. The number of carbonyl (C=O) groups is 1. The molecule has 0 amide bonds. The highest BCUT2D eigenvalue weighted by Gasteiger charge is 2.05. The number of hydrogen-bond donors (Lipinski definition) is 0. The second-order valence-electron chi connectivity index (χ2n) is 2.48. The number of carbonyl (C=O) groups excluding carboxylic acids is 1. The minimum absolute atomic E-state index is 0.394. The Bertz CT molecular complexity index is 184. The molecule has 0 aromatic heterocycles. The molecule has 0 aromatic rings. The maximum absolute atomic E-state index is 10.6. The SMILES string of the molecule is C=CC(=O)OC(C)OCC(=C)C. The maximum atomic E-state index is 10.6. The smallest absolute Gasteiger partial charge is 0.332 e. The first-order chi connectivity index (χ1) is 5.56. The molecule has 1 atom stereocenters. The second-order valence-corrected chi connectivity index (χ2v) is 2.48. The molecular formula is C9H14O3. The molecule has 0 fully saturated rings. The van der Waals surface area contributed by atoms with Gasteiger partial charge in [0.25, 0.3) is 0 Å². The van der Waals surface area contributed by atoms with Crippen molar-refractivity contribution in [3.63, 3.8) is 0 Å². The lowest BCUT2D eigenvalue weighted by Gasteiger charge is -2.12. The van der Waals surface area contributed by atoms with Gasteiger partial charge in [-0.1, -0.05) is 18.7 Å². The van der Waals surface area contributed by atoms with Crippen molar-refractivity contribution in [2.75, 3.05) is 6.61 Å². The quantitative estimate of drug-likeness (QED) is 0.272. The third kappa shape index (κ3) is 5.68. The van der Waals surface area contributed by atoms with Crippen LogP contribution >= 0.6 is 0 Å². The van der Waals surface area contributed by atoms with E-state index in [0.717, 1.165) is 11.6 Å². The summed E-state index contributed by atoms with van der Waals surface area (Å²) in [6.07, 6.45) is 0.549. The average Bonchev–Trinajstić information content (AvgIpc) is 2.00. The Morgan fingerprint density at radius 2 is 2.25 bits per heavy atom. The lowest BCUT2D eigenvalue weighted by atomic mass is 10.4. The van der Waals surface area contributed by atoms with Crippen LogP contribution in [0.3, 0.4) is 0 Å². The lowest BCUT2D eigenvalue weighted by Crippen LogP contribution is -2.17. The van der Waals surface area contributed by atoms with Crippen molar-refractivity contribution in [1.82, 2.24) is 0 Å². The van der Waals surface area contributed by atoms with E-state index in [1.807, 2.05) is 6.92 Å². The molecule has 0 rings (SSSR count). The van der Waals surface area contributed by atoms with E-state index in [4.69, 9.17) is 9.47 Å². The van der Waals surface area contributed by atoms with E-state index in [1.165, 1.54) is 0 Å². The molecule has 0 radical (unpaired) electrons. The largest absolute Gasteiger partial charge is 0.433 e. The van der Waals surface area contributed by atoms with Crippen LogP contribution in [0.15, 0.2) is 24.8 Å². The molecule has 0 saturated heterocycles. The van der Waals surface area contributed by atoms with Crippen LogP contribution < -0.4 is 0 Å². The van der Waals surface area contributed by atoms with Crippen molar-refractivity contribution < 1.29 is 14.3 Å². The third-order valence-electron chi connectivity index (χ3n) is 1.01. The van der Waals surface area contributed by atoms with Gasteiger partial charge in [-0.2, -0.15) is 0 Å². The molecule has 0 bridgehead atoms. The van der Waals surface area contributed by atoms with Crippen LogP contribution in [0, 0.1) is 0 Å². The Labute approximate surface area is 72.7 Å². The van der Waals surface area contributed by atoms with Gasteiger partial charge in [0.2, 0.25) is 6.29 Å². The first-order valence-corrected chi connectivity index (χ1v) is 3.65. The highest BCUT2D eigenvalue weighted by atomic mass is 16.7. The molecule has 3 nitrogen and oxygen atoms in total. The zero-order chi connectivity index (χ0) is 9.56. The van der Waals surface area contributed by atoms with Crippen LogP contribution in [0.2, 0.25) is 0 Å². The second kappa shape index (κ2) is 5.55. The fourth-order valence-corrected chi connectivity index (χ4v) is 0.505. The van der Waals surface area contributed by atoms with Crippen molar-refractivity contribution >= 4 is 5.97 Å². The first kappa shape index (κ1) is 10.9. The van der Waals surface area contributed by atoms with E-state index >= 15 is 0 Å². The zero-order valence-electron chi connectivity index (χ0n) is 7.50. The minimum Gasteiger partial charge on any atom is -0.433 e. The van der Waals surface area contributed by atoms with Gasteiger partial charge in [-0.15, -0.1) is 0 Å². The van der Waals surface area contributed by atoms with Crippen LogP contribution in [-0.4, -0.2) is 18.9 Å². The molecule has 68 valence electrons. The Balaban J connectivity index is 3.59. The highest BCUT2D eigenvalue weighted by molar-refractivity contribution is 5.81. The van der Waals surface area contributed by atoms with E-state index in [0.29, 0.717) is 6.61 Å². The Kier molecular flexibility index (Phi) is 5.04. The van der Waals surface area contributed by atoms with Crippen molar-refractivity contribution in [3.8, 4) is 0 Å². The molecule has 0 aromatic carbocycles. The zero-order valence-corrected chi connectivity index (χ0v) is 7.50. The molecule has 0 N–H and O–H groups in total. The summed E-state index contributed by atoms with van der Waals surface area (Å²) in [4.78, 5) is 10.6. The van der Waals surface area contributed by atoms with Crippen molar-refractivity contribution in [2.45, 2.75) is 20.1 Å². The Morgan fingerprint density at radius 1 is 1.67 bits per heavy atom. The standard InChI is InChI=1S/C9H14O3/c1-5-9(10)12-8(4)11-6-7(2)3/h5,8H,1-2,6H2,3-4H3.